The van der Waals surface area contributed by atoms with Crippen LogP contribution in [0.15, 0.2) is 10.5 Å². The molecule has 1 aromatic rings. The number of piperazine rings is 1. The molecule has 1 unspecified atom stereocenters. The van der Waals surface area contributed by atoms with E-state index in [1.165, 1.54) is 0 Å². The summed E-state index contributed by atoms with van der Waals surface area (Å²) in [5.41, 5.74) is 6.79. The van der Waals surface area contributed by atoms with Gasteiger partial charge in [-0.2, -0.15) is 0 Å². The Morgan fingerprint density at radius 3 is 2.82 bits per heavy atom. The van der Waals surface area contributed by atoms with Gasteiger partial charge in [0.25, 0.3) is 0 Å². The molecule has 0 aliphatic carbocycles. The molecule has 0 aromatic carbocycles. The standard InChI is InChI=1S/C13H23N3O/c1-10-8-15(3)4-5-16(10)9-13-6-12(7-14)11(2)17-13/h6,10H,4-5,7-9,14H2,1-3H3. The first-order chi connectivity index (χ1) is 8.10. The summed E-state index contributed by atoms with van der Waals surface area (Å²) in [6.45, 7) is 9.09. The van der Waals surface area contributed by atoms with E-state index in [4.69, 9.17) is 10.2 Å². The van der Waals surface area contributed by atoms with Crippen molar-refractivity contribution in [3.63, 3.8) is 0 Å². The molecule has 2 heterocycles. The minimum atomic E-state index is 0.563. The third-order valence-corrected chi connectivity index (χ3v) is 3.62. The maximum absolute atomic E-state index is 5.75. The number of rotatable bonds is 3. The molecule has 17 heavy (non-hydrogen) atoms. The van der Waals surface area contributed by atoms with Crippen LogP contribution in [0.3, 0.4) is 0 Å². The van der Waals surface area contributed by atoms with Gasteiger partial charge in [-0.1, -0.05) is 0 Å². The number of aryl methyl sites for hydroxylation is 1. The highest BCUT2D eigenvalue weighted by molar-refractivity contribution is 5.20. The summed E-state index contributed by atoms with van der Waals surface area (Å²) in [6.07, 6.45) is 0. The predicted octanol–water partition coefficient (Wildman–Crippen LogP) is 1.18. The summed E-state index contributed by atoms with van der Waals surface area (Å²) in [5, 5.41) is 0. The van der Waals surface area contributed by atoms with Crippen LogP contribution in [0, 0.1) is 6.92 Å². The van der Waals surface area contributed by atoms with E-state index in [-0.39, 0.29) is 0 Å². The average Bonchev–Trinajstić information content (AvgIpc) is 2.63. The number of hydrogen-bond donors (Lipinski definition) is 1. The second-order valence-electron chi connectivity index (χ2n) is 5.08. The second kappa shape index (κ2) is 5.21. The molecule has 96 valence electrons. The Labute approximate surface area is 103 Å². The van der Waals surface area contributed by atoms with Gasteiger partial charge in [0.15, 0.2) is 0 Å². The molecule has 1 aromatic heterocycles. The van der Waals surface area contributed by atoms with E-state index in [1.807, 2.05) is 6.92 Å². The van der Waals surface area contributed by atoms with Crippen molar-refractivity contribution >= 4 is 0 Å². The fourth-order valence-corrected chi connectivity index (χ4v) is 2.48. The van der Waals surface area contributed by atoms with Gasteiger partial charge >= 0.3 is 0 Å². The molecule has 2 N–H and O–H groups in total. The van der Waals surface area contributed by atoms with Gasteiger partial charge in [-0.25, -0.2) is 0 Å². The van der Waals surface area contributed by atoms with E-state index in [9.17, 15) is 0 Å². The van der Waals surface area contributed by atoms with Crippen LogP contribution >= 0.6 is 0 Å². The van der Waals surface area contributed by atoms with Crippen LogP contribution in [0.4, 0.5) is 0 Å². The second-order valence-corrected chi connectivity index (χ2v) is 5.08. The topological polar surface area (TPSA) is 45.6 Å². The first kappa shape index (κ1) is 12.6. The van der Waals surface area contributed by atoms with Crippen LogP contribution in [0.2, 0.25) is 0 Å². The van der Waals surface area contributed by atoms with Gasteiger partial charge in [-0.3, -0.25) is 4.90 Å². The lowest BCUT2D eigenvalue weighted by Crippen LogP contribution is -2.49. The largest absolute Gasteiger partial charge is 0.465 e. The highest BCUT2D eigenvalue weighted by Crippen LogP contribution is 2.18. The molecule has 4 nitrogen and oxygen atoms in total. The Bertz CT molecular complexity index is 375. The van der Waals surface area contributed by atoms with Crippen molar-refractivity contribution in [3.05, 3.63) is 23.2 Å². The average molecular weight is 237 g/mol. The first-order valence-electron chi connectivity index (χ1n) is 6.31. The Kier molecular flexibility index (Phi) is 3.86. The summed E-state index contributed by atoms with van der Waals surface area (Å²) in [4.78, 5) is 4.85. The molecule has 0 saturated carbocycles. The van der Waals surface area contributed by atoms with Crippen LogP contribution in [0.5, 0.6) is 0 Å². The Morgan fingerprint density at radius 1 is 1.47 bits per heavy atom. The summed E-state index contributed by atoms with van der Waals surface area (Å²) in [6, 6.07) is 2.68. The van der Waals surface area contributed by atoms with Gasteiger partial charge in [0.05, 0.1) is 6.54 Å². The summed E-state index contributed by atoms with van der Waals surface area (Å²) >= 11 is 0. The molecule has 0 radical (unpaired) electrons. The van der Waals surface area contributed by atoms with Crippen molar-refractivity contribution in [1.82, 2.24) is 9.80 Å². The van der Waals surface area contributed by atoms with Gasteiger partial charge in [0, 0.05) is 37.8 Å². The molecule has 1 fully saturated rings. The molecule has 2 rings (SSSR count). The van der Waals surface area contributed by atoms with Crippen LogP contribution in [0.1, 0.15) is 24.0 Å². The van der Waals surface area contributed by atoms with Crippen LogP contribution < -0.4 is 5.73 Å². The Morgan fingerprint density at radius 2 is 2.24 bits per heavy atom. The summed E-state index contributed by atoms with van der Waals surface area (Å²) in [7, 11) is 2.18. The molecule has 0 amide bonds. The zero-order valence-corrected chi connectivity index (χ0v) is 11.1. The smallest absolute Gasteiger partial charge is 0.118 e. The first-order valence-corrected chi connectivity index (χ1v) is 6.31. The van der Waals surface area contributed by atoms with Crippen molar-refractivity contribution in [1.29, 1.82) is 0 Å². The third kappa shape index (κ3) is 2.89. The normalized spacial score (nSPS) is 23.2. The van der Waals surface area contributed by atoms with Gasteiger partial charge in [-0.15, -0.1) is 0 Å². The van der Waals surface area contributed by atoms with Crippen molar-refractivity contribution in [2.24, 2.45) is 5.73 Å². The number of nitrogens with two attached hydrogens (primary N) is 1. The molecule has 1 atom stereocenters. The van der Waals surface area contributed by atoms with Crippen LogP contribution in [-0.4, -0.2) is 42.5 Å². The predicted molar refractivity (Wildman–Crippen MR) is 68.7 cm³/mol. The van der Waals surface area contributed by atoms with E-state index < -0.39 is 0 Å². The van der Waals surface area contributed by atoms with Crippen LogP contribution in [-0.2, 0) is 13.1 Å². The van der Waals surface area contributed by atoms with E-state index in [1.54, 1.807) is 0 Å². The molecule has 0 spiro atoms. The fourth-order valence-electron chi connectivity index (χ4n) is 2.48. The summed E-state index contributed by atoms with van der Waals surface area (Å²) in [5.74, 6) is 2.00. The maximum Gasteiger partial charge on any atom is 0.118 e. The molecular weight excluding hydrogens is 214 g/mol. The fraction of sp³-hybridized carbons (Fsp3) is 0.692. The van der Waals surface area contributed by atoms with Crippen molar-refractivity contribution in [3.8, 4) is 0 Å². The van der Waals surface area contributed by atoms with Gasteiger partial charge in [0.2, 0.25) is 0 Å². The van der Waals surface area contributed by atoms with Gasteiger partial charge in [0.1, 0.15) is 11.5 Å². The molecule has 1 aliphatic heterocycles. The van der Waals surface area contributed by atoms with Crippen molar-refractivity contribution in [2.75, 3.05) is 26.7 Å². The molecular formula is C13H23N3O. The monoisotopic (exact) mass is 237 g/mol. The van der Waals surface area contributed by atoms with E-state index in [0.717, 1.165) is 43.3 Å². The highest BCUT2D eigenvalue weighted by Gasteiger charge is 2.22. The van der Waals surface area contributed by atoms with Gasteiger partial charge < -0.3 is 15.1 Å². The van der Waals surface area contributed by atoms with E-state index in [0.29, 0.717) is 12.6 Å². The van der Waals surface area contributed by atoms with Crippen molar-refractivity contribution in [2.45, 2.75) is 33.0 Å². The Hall–Kier alpha value is -0.840. The zero-order chi connectivity index (χ0) is 12.4. The quantitative estimate of drug-likeness (QED) is 0.857. The molecule has 4 heteroatoms. The SMILES string of the molecule is Cc1oc(CN2CCN(C)CC2C)cc1CN. The minimum Gasteiger partial charge on any atom is -0.465 e. The lowest BCUT2D eigenvalue weighted by atomic mass is 10.2. The highest BCUT2D eigenvalue weighted by atomic mass is 16.3. The minimum absolute atomic E-state index is 0.563. The zero-order valence-electron chi connectivity index (χ0n) is 11.1. The van der Waals surface area contributed by atoms with E-state index >= 15 is 0 Å². The number of likely N-dealkylation sites (N-methyl/N-ethyl adjacent to an activating group) is 1. The van der Waals surface area contributed by atoms with Crippen LogP contribution in [0.25, 0.3) is 0 Å². The summed E-state index contributed by atoms with van der Waals surface area (Å²) < 4.78 is 5.75. The molecule has 1 aliphatic rings. The number of furan rings is 1. The lowest BCUT2D eigenvalue weighted by Gasteiger charge is -2.37. The van der Waals surface area contributed by atoms with Gasteiger partial charge in [-0.05, 0) is 27.0 Å². The van der Waals surface area contributed by atoms with E-state index in [2.05, 4.69) is 29.8 Å². The molecule has 1 saturated heterocycles. The van der Waals surface area contributed by atoms with Crippen molar-refractivity contribution < 1.29 is 4.42 Å². The Balaban J connectivity index is 2.00. The maximum atomic E-state index is 5.75. The number of nitrogens with zero attached hydrogens (tertiary/aromatic N) is 2. The third-order valence-electron chi connectivity index (χ3n) is 3.62. The lowest BCUT2D eigenvalue weighted by molar-refractivity contribution is 0.0872. The molecule has 0 bridgehead atoms. The number of hydrogen-bond acceptors (Lipinski definition) is 4.